The fourth-order valence-electron chi connectivity index (χ4n) is 6.56. The van der Waals surface area contributed by atoms with Crippen LogP contribution in [0.25, 0.3) is 11.6 Å². The summed E-state index contributed by atoms with van der Waals surface area (Å²) in [5.74, 6) is -0.639. The summed E-state index contributed by atoms with van der Waals surface area (Å²) < 4.78 is 5.55. The molecule has 0 atom stereocenters. The average molecular weight is 635 g/mol. The van der Waals surface area contributed by atoms with Gasteiger partial charge in [-0.3, -0.25) is 9.59 Å². The number of rotatable bonds is 6. The summed E-state index contributed by atoms with van der Waals surface area (Å²) in [7, 11) is 0. The van der Waals surface area contributed by atoms with Crippen LogP contribution in [0.2, 0.25) is 0 Å². The lowest BCUT2D eigenvalue weighted by Crippen LogP contribution is -2.59. The maximum atomic E-state index is 13.9. The molecule has 2 N–H and O–H groups in total. The number of fused-ring (bicyclic) bond motifs is 1. The Morgan fingerprint density at radius 3 is 2.50 bits per heavy atom. The third-order valence-corrected chi connectivity index (χ3v) is 10.2. The molecule has 4 aromatic rings. The fourth-order valence-corrected chi connectivity index (χ4v) is 7.45. The summed E-state index contributed by atoms with van der Waals surface area (Å²) >= 11 is 1.24. The van der Waals surface area contributed by atoms with Crippen molar-refractivity contribution < 1.29 is 24.2 Å². The summed E-state index contributed by atoms with van der Waals surface area (Å²) in [6.07, 6.45) is 6.48. The number of hydrogen-bond acceptors (Lipinski definition) is 7. The number of aromatic nitrogens is 1. The molecule has 2 amide bonds. The Balaban J connectivity index is 1.06. The molecule has 0 aliphatic carbocycles. The van der Waals surface area contributed by atoms with Gasteiger partial charge >= 0.3 is 5.97 Å². The Bertz CT molecular complexity index is 1850. The van der Waals surface area contributed by atoms with Crippen LogP contribution < -0.4 is 15.1 Å². The third kappa shape index (κ3) is 5.81. The number of anilines is 3. The first-order valence-electron chi connectivity index (χ1n) is 15.4. The lowest BCUT2D eigenvalue weighted by Gasteiger charge is -2.53. The number of nitrogens with one attached hydrogen (secondary N) is 1. The molecule has 1 spiro atoms. The van der Waals surface area contributed by atoms with Gasteiger partial charge < -0.3 is 25.0 Å². The zero-order valence-corrected chi connectivity index (χ0v) is 26.3. The number of nitrogens with zero attached hydrogens (tertiary/aromatic N) is 3. The molecule has 0 unspecified atom stereocenters. The Morgan fingerprint density at radius 2 is 1.76 bits per heavy atom. The summed E-state index contributed by atoms with van der Waals surface area (Å²) in [5, 5.41) is 12.4. The van der Waals surface area contributed by atoms with E-state index in [2.05, 4.69) is 15.2 Å². The van der Waals surface area contributed by atoms with Crippen LogP contribution in [-0.2, 0) is 4.74 Å². The number of para-hydroxylation sites is 1. The summed E-state index contributed by atoms with van der Waals surface area (Å²) in [6, 6.07) is 20.0. The number of carboxylic acids is 1. The van der Waals surface area contributed by atoms with Crippen molar-refractivity contribution in [3.05, 3.63) is 105 Å². The van der Waals surface area contributed by atoms with Gasteiger partial charge in [-0.25, -0.2) is 9.78 Å². The Labute approximate surface area is 271 Å². The summed E-state index contributed by atoms with van der Waals surface area (Å²) in [4.78, 5) is 48.6. The first kappa shape index (κ1) is 29.9. The van der Waals surface area contributed by atoms with Crippen molar-refractivity contribution in [3.63, 3.8) is 0 Å². The zero-order chi connectivity index (χ0) is 31.8. The van der Waals surface area contributed by atoms with E-state index in [1.807, 2.05) is 49.4 Å². The summed E-state index contributed by atoms with van der Waals surface area (Å²) in [6.45, 7) is 5.68. The van der Waals surface area contributed by atoms with Crippen molar-refractivity contribution in [2.75, 3.05) is 48.0 Å². The highest BCUT2D eigenvalue weighted by atomic mass is 32.1. The number of carboxylic acid groups (broad SMARTS) is 1. The molecule has 0 saturated carbocycles. The number of carbonyl (C=O) groups excluding carboxylic acids is 2. The van der Waals surface area contributed by atoms with Crippen molar-refractivity contribution in [1.29, 1.82) is 0 Å². The number of thiophene rings is 1. The van der Waals surface area contributed by atoms with Crippen molar-refractivity contribution in [3.8, 4) is 0 Å². The van der Waals surface area contributed by atoms with Crippen LogP contribution in [0.4, 0.5) is 17.2 Å². The molecule has 2 aromatic carbocycles. The normalized spacial score (nSPS) is 17.0. The molecule has 2 fully saturated rings. The number of benzene rings is 2. The number of carbonyl (C=O) groups is 3. The van der Waals surface area contributed by atoms with E-state index in [1.54, 1.807) is 41.4 Å². The van der Waals surface area contributed by atoms with Crippen LogP contribution in [0.3, 0.4) is 0 Å². The number of aryl methyl sites for hydroxylation is 1. The predicted molar refractivity (Wildman–Crippen MR) is 180 cm³/mol. The largest absolute Gasteiger partial charge is 0.477 e. The van der Waals surface area contributed by atoms with Gasteiger partial charge in [0, 0.05) is 60.6 Å². The van der Waals surface area contributed by atoms with Crippen LogP contribution in [0.5, 0.6) is 0 Å². The number of pyridine rings is 1. The molecule has 10 heteroatoms. The van der Waals surface area contributed by atoms with Gasteiger partial charge in [0.2, 0.25) is 0 Å². The van der Waals surface area contributed by atoms with Gasteiger partial charge in [-0.15, -0.1) is 11.3 Å². The minimum absolute atomic E-state index is 0.151. The molecule has 5 heterocycles. The second-order valence-corrected chi connectivity index (χ2v) is 13.4. The molecule has 234 valence electrons. The number of hydrogen-bond donors (Lipinski definition) is 2. The maximum Gasteiger partial charge on any atom is 0.345 e. The van der Waals surface area contributed by atoms with Gasteiger partial charge in [0.25, 0.3) is 11.8 Å². The molecule has 0 radical (unpaired) electrons. The van der Waals surface area contributed by atoms with Crippen molar-refractivity contribution in [2.45, 2.75) is 26.2 Å². The molecule has 2 saturated heterocycles. The van der Waals surface area contributed by atoms with Crippen LogP contribution in [0.15, 0.2) is 72.9 Å². The van der Waals surface area contributed by atoms with Crippen LogP contribution in [-0.4, -0.2) is 60.7 Å². The first-order chi connectivity index (χ1) is 22.3. The van der Waals surface area contributed by atoms with Crippen LogP contribution in [0, 0.1) is 12.3 Å². The Hall–Kier alpha value is -4.80. The highest BCUT2D eigenvalue weighted by Crippen LogP contribution is 2.42. The second kappa shape index (κ2) is 12.2. The minimum atomic E-state index is -0.946. The molecule has 46 heavy (non-hydrogen) atoms. The van der Waals surface area contributed by atoms with Gasteiger partial charge in [-0.05, 0) is 97.5 Å². The van der Waals surface area contributed by atoms with Gasteiger partial charge in [-0.1, -0.05) is 18.2 Å². The molecule has 9 nitrogen and oxygen atoms in total. The lowest BCUT2D eigenvalue weighted by atomic mass is 9.73. The SMILES string of the molecule is Cc1cnc(N2CC3(CCOCC3)C2)c(C(=O)Nc2ccc(C(=O)N3CCC(c4ccc(C(=O)O)s4)=Cc4ccccc43)cc2)c1. The Kier molecular flexibility index (Phi) is 7.92. The highest BCUT2D eigenvalue weighted by molar-refractivity contribution is 7.15. The first-order valence-corrected chi connectivity index (χ1v) is 16.3. The van der Waals surface area contributed by atoms with E-state index >= 15 is 0 Å². The van der Waals surface area contributed by atoms with Crippen LogP contribution in [0.1, 0.15) is 65.7 Å². The second-order valence-electron chi connectivity index (χ2n) is 12.3. The van der Waals surface area contributed by atoms with E-state index in [-0.39, 0.29) is 22.1 Å². The molecular formula is C36H34N4O5S. The van der Waals surface area contributed by atoms with E-state index in [0.29, 0.717) is 35.6 Å². The van der Waals surface area contributed by atoms with Crippen molar-refractivity contribution in [2.24, 2.45) is 5.41 Å². The fraction of sp³-hybridized carbons (Fsp3) is 0.278. The van der Waals surface area contributed by atoms with E-state index in [9.17, 15) is 19.5 Å². The predicted octanol–water partition coefficient (Wildman–Crippen LogP) is 6.61. The molecular weight excluding hydrogens is 600 g/mol. The van der Waals surface area contributed by atoms with Crippen molar-refractivity contribution in [1.82, 2.24) is 4.98 Å². The lowest BCUT2D eigenvalue weighted by molar-refractivity contribution is -0.000512. The quantitative estimate of drug-likeness (QED) is 0.246. The van der Waals surface area contributed by atoms with Gasteiger partial charge in [0.15, 0.2) is 0 Å². The monoisotopic (exact) mass is 634 g/mol. The number of ether oxygens (including phenoxy) is 1. The molecule has 0 bridgehead atoms. The maximum absolute atomic E-state index is 13.9. The smallest absolute Gasteiger partial charge is 0.345 e. The minimum Gasteiger partial charge on any atom is -0.477 e. The standard InChI is InChI=1S/C36H34N4O5S/c1-23-18-28(32(37-20-23)39-21-36(22-39)13-16-45-17-14-36)33(41)38-27-8-6-24(7-9-27)34(42)40-15-12-26(19-25-4-2-3-5-29(25)40)30-10-11-31(46-30)35(43)44/h2-11,18-20H,12-17,21-22H2,1H3,(H,38,41)(H,43,44). The van der Waals surface area contributed by atoms with E-state index in [0.717, 1.165) is 66.4 Å². The van der Waals surface area contributed by atoms with E-state index in [1.165, 1.54) is 11.3 Å². The van der Waals surface area contributed by atoms with Gasteiger partial charge in [-0.2, -0.15) is 0 Å². The number of amides is 2. The average Bonchev–Trinajstić information content (AvgIpc) is 3.47. The van der Waals surface area contributed by atoms with Crippen LogP contribution >= 0.6 is 11.3 Å². The molecule has 2 aromatic heterocycles. The third-order valence-electron chi connectivity index (χ3n) is 9.08. The molecule has 7 rings (SSSR count). The van der Waals surface area contributed by atoms with Gasteiger partial charge in [0.1, 0.15) is 10.7 Å². The molecule has 3 aliphatic rings. The van der Waals surface area contributed by atoms with Gasteiger partial charge in [0.05, 0.1) is 11.3 Å². The van der Waals surface area contributed by atoms with E-state index < -0.39 is 5.97 Å². The number of aromatic carboxylic acids is 1. The van der Waals surface area contributed by atoms with Crippen molar-refractivity contribution >= 4 is 58.0 Å². The summed E-state index contributed by atoms with van der Waals surface area (Å²) in [5.41, 5.74) is 5.46. The molecule has 3 aliphatic heterocycles. The van der Waals surface area contributed by atoms with E-state index in [4.69, 9.17) is 4.74 Å². The topological polar surface area (TPSA) is 112 Å². The Morgan fingerprint density at radius 1 is 1.00 bits per heavy atom. The zero-order valence-electron chi connectivity index (χ0n) is 25.5. The highest BCUT2D eigenvalue weighted by Gasteiger charge is 2.45.